The summed E-state index contributed by atoms with van der Waals surface area (Å²) < 4.78 is 6.16. The molecule has 1 saturated heterocycles. The summed E-state index contributed by atoms with van der Waals surface area (Å²) in [5.74, 6) is -1.56. The van der Waals surface area contributed by atoms with E-state index in [2.05, 4.69) is 10.3 Å². The van der Waals surface area contributed by atoms with Gasteiger partial charge in [-0.3, -0.25) is 24.1 Å². The van der Waals surface area contributed by atoms with E-state index < -0.39 is 11.8 Å². The Morgan fingerprint density at radius 3 is 2.39 bits per heavy atom. The summed E-state index contributed by atoms with van der Waals surface area (Å²) >= 11 is 15.4. The first kappa shape index (κ1) is 29.8. The van der Waals surface area contributed by atoms with Gasteiger partial charge >= 0.3 is 4.87 Å². The van der Waals surface area contributed by atoms with Gasteiger partial charge < -0.3 is 15.0 Å². The van der Waals surface area contributed by atoms with Crippen molar-refractivity contribution in [2.45, 2.75) is 29.5 Å². The number of carbonyl (C=O) groups excluding carboxylic acids is 3. The molecule has 3 aromatic carbocycles. The molecule has 8 rings (SSSR count). The van der Waals surface area contributed by atoms with E-state index in [1.54, 1.807) is 48.2 Å². The Bertz CT molecular complexity index is 1960. The van der Waals surface area contributed by atoms with Crippen molar-refractivity contribution in [3.63, 3.8) is 0 Å². The number of imide groups is 1. The Morgan fingerprint density at radius 1 is 0.957 bits per heavy atom. The number of benzene rings is 3. The summed E-state index contributed by atoms with van der Waals surface area (Å²) in [5.41, 5.74) is 3.05. The van der Waals surface area contributed by atoms with Gasteiger partial charge in [0.25, 0.3) is 5.91 Å². The van der Waals surface area contributed by atoms with E-state index in [0.717, 1.165) is 38.8 Å². The maximum absolute atomic E-state index is 14.0. The van der Waals surface area contributed by atoms with Crippen molar-refractivity contribution in [1.82, 2.24) is 4.98 Å². The summed E-state index contributed by atoms with van der Waals surface area (Å²) in [5, 5.41) is 4.66. The van der Waals surface area contributed by atoms with Gasteiger partial charge in [0.05, 0.1) is 22.5 Å². The topological polar surface area (TPSA) is 109 Å². The zero-order valence-corrected chi connectivity index (χ0v) is 27.5. The van der Waals surface area contributed by atoms with Crippen molar-refractivity contribution >= 4 is 75.4 Å². The molecule has 2 saturated carbocycles. The SMILES string of the molecule is Cc1ccc(NC(=O)COc2ccc(Cl)cc2[C@@H]2c3sc(=O)[nH]c3S[C@@H]3[C@@H]4C[C@@H]([C@@H]5C(=O)N(c6ccc(Cl)cc6)C(=O)[C@@H]45)[C@H]23)cc1. The molecule has 3 heterocycles. The first-order valence-electron chi connectivity index (χ1n) is 15.0. The molecule has 12 heteroatoms. The van der Waals surface area contributed by atoms with Gasteiger partial charge in [0.15, 0.2) is 6.61 Å². The fourth-order valence-corrected chi connectivity index (χ4v) is 11.3. The Morgan fingerprint density at radius 2 is 1.65 bits per heavy atom. The number of carbonyl (C=O) groups is 3. The number of aryl methyl sites for hydroxylation is 1. The van der Waals surface area contributed by atoms with Gasteiger partial charge in [0.2, 0.25) is 11.8 Å². The number of aromatic nitrogens is 1. The fraction of sp³-hybridized carbons (Fsp3) is 0.294. The monoisotopic (exact) mass is 691 g/mol. The van der Waals surface area contributed by atoms with Gasteiger partial charge in [-0.1, -0.05) is 52.2 Å². The minimum Gasteiger partial charge on any atom is -0.483 e. The number of hydrogen-bond acceptors (Lipinski definition) is 7. The average Bonchev–Trinajstić information content (AvgIpc) is 3.77. The van der Waals surface area contributed by atoms with Crippen LogP contribution < -0.4 is 19.8 Å². The van der Waals surface area contributed by atoms with Crippen LogP contribution in [0.3, 0.4) is 0 Å². The average molecular weight is 693 g/mol. The second kappa shape index (κ2) is 11.3. The van der Waals surface area contributed by atoms with Crippen LogP contribution in [0.15, 0.2) is 76.6 Å². The number of fused-ring (bicyclic) bond motifs is 9. The summed E-state index contributed by atoms with van der Waals surface area (Å²) in [6, 6.07) is 19.6. The maximum Gasteiger partial charge on any atom is 0.305 e. The van der Waals surface area contributed by atoms with Gasteiger partial charge in [0, 0.05) is 37.3 Å². The second-order valence-corrected chi connectivity index (χ2v) is 15.4. The van der Waals surface area contributed by atoms with E-state index in [1.807, 2.05) is 37.3 Å². The molecular weight excluding hydrogens is 665 g/mol. The van der Waals surface area contributed by atoms with Crippen LogP contribution in [0.25, 0.3) is 0 Å². The normalized spacial score (nSPS) is 27.4. The van der Waals surface area contributed by atoms with Crippen LogP contribution in [0, 0.1) is 36.5 Å². The van der Waals surface area contributed by atoms with Crippen LogP contribution >= 0.6 is 46.3 Å². The summed E-state index contributed by atoms with van der Waals surface area (Å²) in [6.45, 7) is 1.75. The molecule has 46 heavy (non-hydrogen) atoms. The molecular formula is C34H27Cl2N3O5S2. The molecule has 3 fully saturated rings. The van der Waals surface area contributed by atoms with Gasteiger partial charge in [-0.25, -0.2) is 0 Å². The highest BCUT2D eigenvalue weighted by Crippen LogP contribution is 2.69. The highest BCUT2D eigenvalue weighted by Gasteiger charge is 2.69. The summed E-state index contributed by atoms with van der Waals surface area (Å²) in [7, 11) is 0. The minimum atomic E-state index is -0.460. The number of thioether (sulfide) groups is 1. The van der Waals surface area contributed by atoms with Crippen LogP contribution in [-0.2, 0) is 14.4 Å². The summed E-state index contributed by atoms with van der Waals surface area (Å²) in [6.07, 6.45) is 0.745. The van der Waals surface area contributed by atoms with Crippen molar-refractivity contribution in [3.05, 3.63) is 102 Å². The lowest BCUT2D eigenvalue weighted by Gasteiger charge is -2.43. The molecule has 0 spiro atoms. The van der Waals surface area contributed by atoms with Crippen LogP contribution in [0.4, 0.5) is 11.4 Å². The van der Waals surface area contributed by atoms with Crippen molar-refractivity contribution in [2.24, 2.45) is 29.6 Å². The molecule has 234 valence electrons. The third kappa shape index (κ3) is 4.80. The molecule has 7 atom stereocenters. The third-order valence-electron chi connectivity index (χ3n) is 9.81. The minimum absolute atomic E-state index is 0.00687. The molecule has 2 N–H and O–H groups in total. The molecule has 2 aliphatic carbocycles. The third-order valence-corrected chi connectivity index (χ3v) is 12.9. The molecule has 0 unspecified atom stereocenters. The Kier molecular flexibility index (Phi) is 7.32. The molecule has 1 aromatic heterocycles. The lowest BCUT2D eigenvalue weighted by Crippen LogP contribution is -2.42. The van der Waals surface area contributed by atoms with Crippen molar-refractivity contribution in [1.29, 1.82) is 0 Å². The second-order valence-electron chi connectivity index (χ2n) is 12.3. The van der Waals surface area contributed by atoms with Crippen molar-refractivity contribution in [2.75, 3.05) is 16.8 Å². The summed E-state index contributed by atoms with van der Waals surface area (Å²) in [4.78, 5) is 58.6. The van der Waals surface area contributed by atoms with E-state index in [9.17, 15) is 19.2 Å². The van der Waals surface area contributed by atoms with Crippen molar-refractivity contribution < 1.29 is 19.1 Å². The number of anilines is 2. The number of ether oxygens (including phenoxy) is 1. The smallest absolute Gasteiger partial charge is 0.305 e. The standard InChI is InChI=1S/C34H27Cl2N3O5S2/c1-15-2-7-18(8-3-15)37-24(40)14-44-23-11-6-17(36)12-20(23)25-26-21-13-22(29(26)45-31-30(25)46-34(43)38-31)28-27(21)32(41)39(33(28)42)19-9-4-16(35)5-10-19/h2-12,21-22,25-29H,13-14H2,1H3,(H,37,40)(H,38,43)/t21-,22-,25+,26-,27+,28+,29-/m1/s1. The van der Waals surface area contributed by atoms with Crippen LogP contribution in [0.5, 0.6) is 5.75 Å². The molecule has 3 amide bonds. The number of nitrogens with one attached hydrogen (secondary N) is 2. The van der Waals surface area contributed by atoms with E-state index in [4.69, 9.17) is 27.9 Å². The number of thiazole rings is 1. The molecule has 8 nitrogen and oxygen atoms in total. The van der Waals surface area contributed by atoms with Gasteiger partial charge in [-0.2, -0.15) is 0 Å². The Balaban J connectivity index is 1.14. The molecule has 0 radical (unpaired) electrons. The van der Waals surface area contributed by atoms with E-state index in [0.29, 0.717) is 27.2 Å². The molecule has 2 aliphatic heterocycles. The van der Waals surface area contributed by atoms with Crippen LogP contribution in [0.1, 0.15) is 28.3 Å². The predicted octanol–water partition coefficient (Wildman–Crippen LogP) is 6.75. The quantitative estimate of drug-likeness (QED) is 0.217. The van der Waals surface area contributed by atoms with E-state index in [1.165, 1.54) is 4.90 Å². The number of amides is 3. The van der Waals surface area contributed by atoms with E-state index >= 15 is 0 Å². The van der Waals surface area contributed by atoms with Crippen LogP contribution in [0.2, 0.25) is 10.0 Å². The van der Waals surface area contributed by atoms with Gasteiger partial charge in [-0.15, -0.1) is 11.8 Å². The largest absolute Gasteiger partial charge is 0.483 e. The Labute approximate surface area is 282 Å². The number of halogens is 2. The zero-order valence-electron chi connectivity index (χ0n) is 24.4. The van der Waals surface area contributed by atoms with E-state index in [-0.39, 0.29) is 58.1 Å². The lowest BCUT2D eigenvalue weighted by atomic mass is 9.68. The maximum atomic E-state index is 14.0. The number of rotatable bonds is 6. The number of aromatic amines is 1. The molecule has 2 bridgehead atoms. The van der Waals surface area contributed by atoms with Crippen molar-refractivity contribution in [3.8, 4) is 5.75 Å². The van der Waals surface area contributed by atoms with Gasteiger partial charge in [0.1, 0.15) is 5.75 Å². The number of nitrogens with zero attached hydrogens (tertiary/aromatic N) is 1. The number of hydrogen-bond donors (Lipinski definition) is 2. The predicted molar refractivity (Wildman–Crippen MR) is 179 cm³/mol. The zero-order chi connectivity index (χ0) is 31.9. The highest BCUT2D eigenvalue weighted by atomic mass is 35.5. The lowest BCUT2D eigenvalue weighted by molar-refractivity contribution is -0.123. The highest BCUT2D eigenvalue weighted by molar-refractivity contribution is 8.00. The first-order valence-corrected chi connectivity index (χ1v) is 17.4. The number of H-pyrrole nitrogens is 1. The first-order chi connectivity index (χ1) is 22.2. The fourth-order valence-electron chi connectivity index (χ4n) is 8.08. The molecule has 4 aliphatic rings. The Hall–Kier alpha value is -3.57. The van der Waals surface area contributed by atoms with Gasteiger partial charge in [-0.05, 0) is 85.7 Å². The van der Waals surface area contributed by atoms with Crippen LogP contribution in [-0.4, -0.2) is 34.6 Å². The molecule has 4 aromatic rings.